The van der Waals surface area contributed by atoms with Gasteiger partial charge in [0.15, 0.2) is 0 Å². The fourth-order valence-electron chi connectivity index (χ4n) is 4.23. The number of urea groups is 1. The Morgan fingerprint density at radius 2 is 1.91 bits per heavy atom. The van der Waals surface area contributed by atoms with Gasteiger partial charge in [-0.15, -0.1) is 0 Å². The molecule has 180 valence electrons. The van der Waals surface area contributed by atoms with E-state index in [9.17, 15) is 18.8 Å². The molecule has 0 aliphatic carbocycles. The summed E-state index contributed by atoms with van der Waals surface area (Å²) in [6, 6.07) is 9.50. The molecule has 34 heavy (non-hydrogen) atoms. The van der Waals surface area contributed by atoms with Crippen LogP contribution in [0, 0.1) is 5.82 Å². The van der Waals surface area contributed by atoms with Crippen molar-refractivity contribution in [3.8, 4) is 5.75 Å². The van der Waals surface area contributed by atoms with Crippen molar-refractivity contribution in [2.45, 2.75) is 37.5 Å². The number of hydrogen-bond acceptors (Lipinski definition) is 6. The van der Waals surface area contributed by atoms with E-state index in [4.69, 9.17) is 14.2 Å². The van der Waals surface area contributed by atoms with Crippen LogP contribution < -0.4 is 15.4 Å². The van der Waals surface area contributed by atoms with Gasteiger partial charge >= 0.3 is 12.0 Å². The lowest BCUT2D eigenvalue weighted by atomic mass is 9.94. The van der Waals surface area contributed by atoms with Crippen LogP contribution in [-0.2, 0) is 14.3 Å². The Bertz CT molecular complexity index is 1090. The van der Waals surface area contributed by atoms with Crippen molar-refractivity contribution in [3.63, 3.8) is 0 Å². The number of halogens is 1. The number of carbonyl (C=O) groups excluding carboxylic acids is 3. The maximum absolute atomic E-state index is 13.3. The van der Waals surface area contributed by atoms with Gasteiger partial charge in [0.25, 0.3) is 5.91 Å². The number of esters is 1. The maximum Gasteiger partial charge on any atom is 0.323 e. The first-order valence-corrected chi connectivity index (χ1v) is 10.9. The van der Waals surface area contributed by atoms with Crippen LogP contribution in [0.2, 0.25) is 0 Å². The fourth-order valence-corrected chi connectivity index (χ4v) is 4.23. The Labute approximate surface area is 196 Å². The second-order valence-corrected chi connectivity index (χ2v) is 8.25. The predicted molar refractivity (Wildman–Crippen MR) is 121 cm³/mol. The molecule has 4 rings (SSSR count). The smallest absolute Gasteiger partial charge is 0.323 e. The number of nitrogens with one attached hydrogen (secondary N) is 2. The van der Waals surface area contributed by atoms with E-state index in [1.165, 1.54) is 25.3 Å². The fraction of sp³-hybridized carbons (Fsp3) is 0.375. The molecule has 2 N–H and O–H groups in total. The predicted octanol–water partition coefficient (Wildman–Crippen LogP) is 3.41. The number of amides is 3. The Balaban J connectivity index is 1.47. The van der Waals surface area contributed by atoms with E-state index in [-0.39, 0.29) is 43.2 Å². The second kappa shape index (κ2) is 10.1. The third-order valence-corrected chi connectivity index (χ3v) is 5.97. The van der Waals surface area contributed by atoms with Gasteiger partial charge in [-0.25, -0.2) is 9.18 Å². The minimum atomic E-state index is -0.574. The molecule has 0 radical (unpaired) electrons. The topological polar surface area (TPSA) is 106 Å². The summed E-state index contributed by atoms with van der Waals surface area (Å²) in [6.07, 6.45) is 0.744. The third kappa shape index (κ3) is 5.28. The van der Waals surface area contributed by atoms with Gasteiger partial charge in [-0.05, 0) is 49.2 Å². The number of hydrogen-bond donors (Lipinski definition) is 2. The van der Waals surface area contributed by atoms with E-state index in [0.717, 1.165) is 0 Å². The number of likely N-dealkylation sites (N-methyl/N-ethyl adjacent to an activating group) is 1. The Morgan fingerprint density at radius 1 is 1.15 bits per heavy atom. The van der Waals surface area contributed by atoms with E-state index in [2.05, 4.69) is 10.6 Å². The molecule has 2 aromatic carbocycles. The van der Waals surface area contributed by atoms with E-state index >= 15 is 0 Å². The molecule has 3 atom stereocenters. The molecule has 2 heterocycles. The highest BCUT2D eigenvalue weighted by Crippen LogP contribution is 2.32. The quantitative estimate of drug-likeness (QED) is 0.662. The van der Waals surface area contributed by atoms with Crippen LogP contribution in [0.1, 0.15) is 29.6 Å². The minimum Gasteiger partial charge on any atom is -0.490 e. The molecule has 2 aliphatic heterocycles. The summed E-state index contributed by atoms with van der Waals surface area (Å²) in [6.45, 7) is 0.208. The first kappa shape index (κ1) is 23.5. The zero-order valence-electron chi connectivity index (χ0n) is 18.9. The minimum absolute atomic E-state index is 0.153. The third-order valence-electron chi connectivity index (χ3n) is 5.97. The average molecular weight is 471 g/mol. The first-order valence-electron chi connectivity index (χ1n) is 10.9. The van der Waals surface area contributed by atoms with Crippen molar-refractivity contribution in [2.24, 2.45) is 0 Å². The SMILES string of the molecule is COC(=O)C[C@H]1CC[C@@H]2[C@H](COc3ccc(NC(=O)Nc4cccc(F)c4)cc3C(=O)N2C)O1. The van der Waals surface area contributed by atoms with Crippen molar-refractivity contribution < 1.29 is 33.0 Å². The molecule has 0 unspecified atom stereocenters. The summed E-state index contributed by atoms with van der Waals surface area (Å²) in [5.74, 6) is -0.711. The second-order valence-electron chi connectivity index (χ2n) is 8.25. The number of benzene rings is 2. The number of methoxy groups -OCH3 is 1. The molecule has 9 nitrogen and oxygen atoms in total. The molecule has 10 heteroatoms. The first-order chi connectivity index (χ1) is 16.3. The van der Waals surface area contributed by atoms with Gasteiger partial charge in [-0.2, -0.15) is 0 Å². The van der Waals surface area contributed by atoms with Crippen molar-refractivity contribution in [1.82, 2.24) is 4.90 Å². The number of rotatable bonds is 4. The summed E-state index contributed by atoms with van der Waals surface area (Å²) in [5, 5.41) is 5.20. The normalized spacial score (nSPS) is 21.8. The summed E-state index contributed by atoms with van der Waals surface area (Å²) >= 11 is 0. The molecule has 2 aliphatic rings. The largest absolute Gasteiger partial charge is 0.490 e. The van der Waals surface area contributed by atoms with Crippen LogP contribution in [0.25, 0.3) is 0 Å². The van der Waals surface area contributed by atoms with Crippen LogP contribution in [0.3, 0.4) is 0 Å². The average Bonchev–Trinajstić information content (AvgIpc) is 2.81. The number of carbonyl (C=O) groups is 3. The monoisotopic (exact) mass is 471 g/mol. The highest BCUT2D eigenvalue weighted by atomic mass is 19.1. The number of ether oxygens (including phenoxy) is 3. The van der Waals surface area contributed by atoms with E-state index in [1.807, 2.05) is 0 Å². The van der Waals surface area contributed by atoms with E-state index < -0.39 is 11.8 Å². The summed E-state index contributed by atoms with van der Waals surface area (Å²) in [5.41, 5.74) is 0.992. The lowest BCUT2D eigenvalue weighted by molar-refractivity contribution is -0.151. The van der Waals surface area contributed by atoms with Gasteiger partial charge in [0.05, 0.1) is 31.2 Å². The number of nitrogens with zero attached hydrogens (tertiary/aromatic N) is 1. The molecule has 1 fully saturated rings. The lowest BCUT2D eigenvalue weighted by Gasteiger charge is -2.42. The highest BCUT2D eigenvalue weighted by Gasteiger charge is 2.39. The van der Waals surface area contributed by atoms with Crippen molar-refractivity contribution >= 4 is 29.3 Å². The van der Waals surface area contributed by atoms with Gasteiger partial charge in [-0.3, -0.25) is 9.59 Å². The lowest BCUT2D eigenvalue weighted by Crippen LogP contribution is -2.53. The van der Waals surface area contributed by atoms with Gasteiger partial charge < -0.3 is 29.7 Å². The van der Waals surface area contributed by atoms with Crippen LogP contribution >= 0.6 is 0 Å². The van der Waals surface area contributed by atoms with Crippen LogP contribution in [0.5, 0.6) is 5.75 Å². The van der Waals surface area contributed by atoms with Gasteiger partial charge in [0, 0.05) is 18.4 Å². The highest BCUT2D eigenvalue weighted by molar-refractivity contribution is 6.02. The van der Waals surface area contributed by atoms with Gasteiger partial charge in [0.1, 0.15) is 24.3 Å². The van der Waals surface area contributed by atoms with Crippen LogP contribution in [0.4, 0.5) is 20.6 Å². The summed E-state index contributed by atoms with van der Waals surface area (Å²) in [4.78, 5) is 38.8. The van der Waals surface area contributed by atoms with Gasteiger partial charge in [-0.1, -0.05) is 6.07 Å². The molecule has 0 saturated carbocycles. The van der Waals surface area contributed by atoms with Crippen molar-refractivity contribution in [3.05, 3.63) is 53.8 Å². The van der Waals surface area contributed by atoms with Crippen molar-refractivity contribution in [1.29, 1.82) is 0 Å². The number of anilines is 2. The molecule has 0 bridgehead atoms. The molecule has 3 amide bonds. The summed E-state index contributed by atoms with van der Waals surface area (Å²) in [7, 11) is 3.04. The molecule has 0 spiro atoms. The molecule has 1 saturated heterocycles. The molecular formula is C24H26FN3O6. The van der Waals surface area contributed by atoms with Crippen LogP contribution in [-0.4, -0.2) is 61.8 Å². The molecule has 2 aromatic rings. The van der Waals surface area contributed by atoms with Crippen LogP contribution in [0.15, 0.2) is 42.5 Å². The Kier molecular flexibility index (Phi) is 6.97. The summed E-state index contributed by atoms with van der Waals surface area (Å²) < 4.78 is 30.0. The Hall–Kier alpha value is -3.66. The standard InChI is InChI=1S/C24H26FN3O6/c1-28-19-8-7-17(12-22(29)32-2)34-21(19)13-33-20-9-6-16(11-18(20)23(28)30)27-24(31)26-15-5-3-4-14(25)10-15/h3-6,9-11,17,19,21H,7-8,12-13H2,1-2H3,(H2,26,27,31)/t17-,19-,21+/m1/s1. The molecule has 0 aromatic heterocycles. The van der Waals surface area contributed by atoms with Gasteiger partial charge in [0.2, 0.25) is 0 Å². The number of fused-ring (bicyclic) bond motifs is 2. The molecular weight excluding hydrogens is 445 g/mol. The van der Waals surface area contributed by atoms with Crippen molar-refractivity contribution in [2.75, 3.05) is 31.4 Å². The zero-order chi connectivity index (χ0) is 24.2. The van der Waals surface area contributed by atoms with E-state index in [0.29, 0.717) is 35.5 Å². The van der Waals surface area contributed by atoms with E-state index in [1.54, 1.807) is 36.2 Å². The zero-order valence-corrected chi connectivity index (χ0v) is 18.9. The Morgan fingerprint density at radius 3 is 2.65 bits per heavy atom. The maximum atomic E-state index is 13.3.